The van der Waals surface area contributed by atoms with Crippen LogP contribution < -0.4 is 4.74 Å². The predicted molar refractivity (Wildman–Crippen MR) is 87.0 cm³/mol. The summed E-state index contributed by atoms with van der Waals surface area (Å²) in [6.07, 6.45) is 3.27. The molecule has 0 bridgehead atoms. The highest BCUT2D eigenvalue weighted by molar-refractivity contribution is 5.76. The fourth-order valence-electron chi connectivity index (χ4n) is 2.82. The first-order chi connectivity index (χ1) is 10.6. The van der Waals surface area contributed by atoms with E-state index in [4.69, 9.17) is 4.74 Å². The summed E-state index contributed by atoms with van der Waals surface area (Å²) in [6.45, 7) is 6.42. The molecule has 0 saturated carbocycles. The Hall–Kier alpha value is -1.55. The number of benzene rings is 1. The second-order valence-electron chi connectivity index (χ2n) is 6.23. The fraction of sp³-hybridized carbons (Fsp3) is 0.611. The molecule has 1 saturated heterocycles. The quantitative estimate of drug-likeness (QED) is 0.822. The summed E-state index contributed by atoms with van der Waals surface area (Å²) in [5.74, 6) is 1.31. The molecule has 1 aliphatic heterocycles. The number of aliphatic hydroxyl groups is 1. The molecule has 4 heteroatoms. The van der Waals surface area contributed by atoms with Gasteiger partial charge in [-0.15, -0.1) is 0 Å². The van der Waals surface area contributed by atoms with Gasteiger partial charge in [-0.25, -0.2) is 0 Å². The number of aryl methyl sites for hydroxylation is 2. The fourth-order valence-corrected chi connectivity index (χ4v) is 2.82. The van der Waals surface area contributed by atoms with Gasteiger partial charge in [0.15, 0.2) is 0 Å². The second-order valence-corrected chi connectivity index (χ2v) is 6.23. The van der Waals surface area contributed by atoms with Crippen LogP contribution in [-0.2, 0) is 4.79 Å². The van der Waals surface area contributed by atoms with Gasteiger partial charge >= 0.3 is 0 Å². The van der Waals surface area contributed by atoms with Crippen molar-refractivity contribution in [3.05, 3.63) is 29.3 Å². The SMILES string of the molecule is Cc1ccc(OCCCC(=O)N2CCCC(CO)C2)cc1C. The van der Waals surface area contributed by atoms with Gasteiger partial charge in [0.05, 0.1) is 6.61 Å². The maximum absolute atomic E-state index is 12.2. The Labute approximate surface area is 133 Å². The molecule has 0 aromatic heterocycles. The van der Waals surface area contributed by atoms with Crippen LogP contribution in [0.4, 0.5) is 0 Å². The summed E-state index contributed by atoms with van der Waals surface area (Å²) in [5.41, 5.74) is 2.48. The highest BCUT2D eigenvalue weighted by atomic mass is 16.5. The lowest BCUT2D eigenvalue weighted by molar-refractivity contribution is -0.133. The van der Waals surface area contributed by atoms with E-state index in [2.05, 4.69) is 19.9 Å². The molecule has 1 amide bonds. The number of aliphatic hydroxyl groups excluding tert-OH is 1. The predicted octanol–water partition coefficient (Wildman–Crippen LogP) is 2.69. The molecule has 2 rings (SSSR count). The molecule has 1 aliphatic rings. The summed E-state index contributed by atoms with van der Waals surface area (Å²) in [7, 11) is 0. The van der Waals surface area contributed by atoms with Crippen LogP contribution in [0.25, 0.3) is 0 Å². The zero-order valence-corrected chi connectivity index (χ0v) is 13.7. The minimum atomic E-state index is 0.180. The van der Waals surface area contributed by atoms with Crippen LogP contribution in [0.2, 0.25) is 0 Å². The van der Waals surface area contributed by atoms with E-state index in [-0.39, 0.29) is 18.4 Å². The monoisotopic (exact) mass is 305 g/mol. The van der Waals surface area contributed by atoms with Gasteiger partial charge < -0.3 is 14.7 Å². The number of ether oxygens (including phenoxy) is 1. The van der Waals surface area contributed by atoms with Gasteiger partial charge in [-0.05, 0) is 62.3 Å². The Balaban J connectivity index is 1.69. The van der Waals surface area contributed by atoms with Crippen molar-refractivity contribution in [2.24, 2.45) is 5.92 Å². The first kappa shape index (κ1) is 16.8. The first-order valence-electron chi connectivity index (χ1n) is 8.19. The summed E-state index contributed by atoms with van der Waals surface area (Å²) >= 11 is 0. The molecule has 22 heavy (non-hydrogen) atoms. The average molecular weight is 305 g/mol. The zero-order chi connectivity index (χ0) is 15.9. The minimum absolute atomic E-state index is 0.180. The molecule has 1 N–H and O–H groups in total. The highest BCUT2D eigenvalue weighted by Gasteiger charge is 2.22. The van der Waals surface area contributed by atoms with Gasteiger partial charge in [0.25, 0.3) is 0 Å². The molecule has 1 unspecified atom stereocenters. The Bertz CT molecular complexity index is 501. The second kappa shape index (κ2) is 8.18. The number of carbonyl (C=O) groups excluding carboxylic acids is 1. The van der Waals surface area contributed by atoms with Gasteiger partial charge in [-0.2, -0.15) is 0 Å². The zero-order valence-electron chi connectivity index (χ0n) is 13.7. The molecular formula is C18H27NO3. The largest absolute Gasteiger partial charge is 0.494 e. The van der Waals surface area contributed by atoms with Crippen molar-refractivity contribution >= 4 is 5.91 Å². The maximum atomic E-state index is 12.2. The van der Waals surface area contributed by atoms with Gasteiger partial charge in [0.1, 0.15) is 5.75 Å². The normalized spacial score (nSPS) is 18.3. The molecule has 1 atom stereocenters. The molecule has 1 aromatic rings. The van der Waals surface area contributed by atoms with Crippen molar-refractivity contribution in [2.45, 2.75) is 39.5 Å². The molecule has 1 fully saturated rings. The lowest BCUT2D eigenvalue weighted by Gasteiger charge is -2.31. The van der Waals surface area contributed by atoms with E-state index in [0.29, 0.717) is 19.6 Å². The van der Waals surface area contributed by atoms with Crippen LogP contribution in [0.5, 0.6) is 5.75 Å². The van der Waals surface area contributed by atoms with E-state index in [0.717, 1.165) is 31.6 Å². The first-order valence-corrected chi connectivity index (χ1v) is 8.19. The van der Waals surface area contributed by atoms with Crippen molar-refractivity contribution in [2.75, 3.05) is 26.3 Å². The standard InChI is InChI=1S/C18H27NO3/c1-14-7-8-17(11-15(14)2)22-10-4-6-18(21)19-9-3-5-16(12-19)13-20/h7-8,11,16,20H,3-6,9-10,12-13H2,1-2H3. The molecule has 0 radical (unpaired) electrons. The number of hydrogen-bond donors (Lipinski definition) is 1. The number of likely N-dealkylation sites (tertiary alicyclic amines) is 1. The summed E-state index contributed by atoms with van der Waals surface area (Å²) in [6, 6.07) is 6.06. The van der Waals surface area contributed by atoms with E-state index in [1.165, 1.54) is 11.1 Å². The Kier molecular flexibility index (Phi) is 6.25. The van der Waals surface area contributed by atoms with Gasteiger partial charge in [0.2, 0.25) is 5.91 Å². The van der Waals surface area contributed by atoms with Crippen molar-refractivity contribution < 1.29 is 14.6 Å². The van der Waals surface area contributed by atoms with Crippen LogP contribution in [0.1, 0.15) is 36.8 Å². The molecule has 122 valence electrons. The molecule has 4 nitrogen and oxygen atoms in total. The highest BCUT2D eigenvalue weighted by Crippen LogP contribution is 2.18. The van der Waals surface area contributed by atoms with Crippen LogP contribution in [-0.4, -0.2) is 42.2 Å². The molecule has 0 spiro atoms. The number of carbonyl (C=O) groups is 1. The van der Waals surface area contributed by atoms with E-state index in [1.807, 2.05) is 17.0 Å². The lowest BCUT2D eigenvalue weighted by atomic mass is 9.99. The number of amides is 1. The van der Waals surface area contributed by atoms with Crippen LogP contribution in [0.15, 0.2) is 18.2 Å². The number of nitrogens with zero attached hydrogens (tertiary/aromatic N) is 1. The maximum Gasteiger partial charge on any atom is 0.222 e. The third-order valence-corrected chi connectivity index (χ3v) is 4.41. The van der Waals surface area contributed by atoms with Crippen molar-refractivity contribution in [1.29, 1.82) is 0 Å². The van der Waals surface area contributed by atoms with E-state index in [1.54, 1.807) is 0 Å². The van der Waals surface area contributed by atoms with E-state index >= 15 is 0 Å². The number of piperidine rings is 1. The average Bonchev–Trinajstić information content (AvgIpc) is 2.54. The summed E-state index contributed by atoms with van der Waals surface area (Å²) < 4.78 is 5.71. The van der Waals surface area contributed by atoms with Crippen molar-refractivity contribution in [3.8, 4) is 5.75 Å². The topological polar surface area (TPSA) is 49.8 Å². The third-order valence-electron chi connectivity index (χ3n) is 4.41. The minimum Gasteiger partial charge on any atom is -0.494 e. The van der Waals surface area contributed by atoms with Crippen LogP contribution >= 0.6 is 0 Å². The van der Waals surface area contributed by atoms with Crippen molar-refractivity contribution in [3.63, 3.8) is 0 Å². The Morgan fingerprint density at radius 1 is 1.36 bits per heavy atom. The molecular weight excluding hydrogens is 278 g/mol. The van der Waals surface area contributed by atoms with Gasteiger partial charge in [0, 0.05) is 26.1 Å². The van der Waals surface area contributed by atoms with Gasteiger partial charge in [-0.1, -0.05) is 6.07 Å². The summed E-state index contributed by atoms with van der Waals surface area (Å²) in [5, 5.41) is 9.21. The summed E-state index contributed by atoms with van der Waals surface area (Å²) in [4.78, 5) is 14.0. The van der Waals surface area contributed by atoms with Crippen molar-refractivity contribution in [1.82, 2.24) is 4.90 Å². The van der Waals surface area contributed by atoms with Gasteiger partial charge in [-0.3, -0.25) is 4.79 Å². The molecule has 1 aromatic carbocycles. The van der Waals surface area contributed by atoms with E-state index in [9.17, 15) is 9.90 Å². The van der Waals surface area contributed by atoms with Crippen LogP contribution in [0.3, 0.4) is 0 Å². The number of rotatable bonds is 6. The Morgan fingerprint density at radius 3 is 2.91 bits per heavy atom. The van der Waals surface area contributed by atoms with E-state index < -0.39 is 0 Å². The lowest BCUT2D eigenvalue weighted by Crippen LogP contribution is -2.40. The van der Waals surface area contributed by atoms with Crippen LogP contribution in [0, 0.1) is 19.8 Å². The molecule has 1 heterocycles. The number of hydrogen-bond acceptors (Lipinski definition) is 3. The smallest absolute Gasteiger partial charge is 0.222 e. The molecule has 0 aliphatic carbocycles. The third kappa shape index (κ3) is 4.73. The Morgan fingerprint density at radius 2 is 2.18 bits per heavy atom.